The molecule has 2 N–H and O–H groups in total. The monoisotopic (exact) mass is 408 g/mol. The zero-order chi connectivity index (χ0) is 18.5. The Morgan fingerprint density at radius 2 is 2.12 bits per heavy atom. The van der Waals surface area contributed by atoms with Crippen LogP contribution in [0.3, 0.4) is 0 Å². The van der Waals surface area contributed by atoms with Gasteiger partial charge in [-0.25, -0.2) is 0 Å². The lowest BCUT2D eigenvalue weighted by atomic mass is 10.2. The van der Waals surface area contributed by atoms with Gasteiger partial charge >= 0.3 is 0 Å². The molecular weight excluding hydrogens is 388 g/mol. The first-order valence-electron chi connectivity index (χ1n) is 8.40. The summed E-state index contributed by atoms with van der Waals surface area (Å²) in [5, 5.41) is 12.6. The lowest BCUT2D eigenvalue weighted by molar-refractivity contribution is -0.124. The van der Waals surface area contributed by atoms with Gasteiger partial charge in [-0.05, 0) is 18.1 Å². The van der Waals surface area contributed by atoms with Gasteiger partial charge in [-0.1, -0.05) is 54.3 Å². The molecule has 8 heteroatoms. The molecule has 2 fully saturated rings. The lowest BCUT2D eigenvalue weighted by Gasteiger charge is -2.17. The van der Waals surface area contributed by atoms with Crippen LogP contribution in [0.4, 0.5) is 0 Å². The summed E-state index contributed by atoms with van der Waals surface area (Å²) in [5.41, 5.74) is 0.959. The van der Waals surface area contributed by atoms with Crippen LogP contribution in [0.5, 0.6) is 0 Å². The van der Waals surface area contributed by atoms with Gasteiger partial charge in [0.1, 0.15) is 4.32 Å². The number of rotatable bonds is 6. The molecule has 0 bridgehead atoms. The van der Waals surface area contributed by atoms with Crippen molar-refractivity contribution < 1.29 is 14.7 Å². The van der Waals surface area contributed by atoms with Gasteiger partial charge in [-0.3, -0.25) is 14.5 Å². The second-order valence-corrected chi connectivity index (χ2v) is 8.88. The molecule has 0 radical (unpaired) electrons. The summed E-state index contributed by atoms with van der Waals surface area (Å²) in [5.74, 6) is 1.20. The van der Waals surface area contributed by atoms with Crippen molar-refractivity contribution in [1.82, 2.24) is 10.2 Å². The van der Waals surface area contributed by atoms with E-state index < -0.39 is 6.10 Å². The third-order valence-corrected chi connectivity index (χ3v) is 6.70. The number of aliphatic hydroxyl groups excluding tert-OH is 1. The maximum Gasteiger partial charge on any atom is 0.266 e. The lowest BCUT2D eigenvalue weighted by Crippen LogP contribution is -2.42. The predicted octanol–water partition coefficient (Wildman–Crippen LogP) is 2.26. The molecule has 2 saturated heterocycles. The van der Waals surface area contributed by atoms with Crippen molar-refractivity contribution in [2.45, 2.75) is 25.0 Å². The Morgan fingerprint density at radius 1 is 1.35 bits per heavy atom. The third kappa shape index (κ3) is 4.88. The van der Waals surface area contributed by atoms with Crippen LogP contribution < -0.4 is 5.32 Å². The van der Waals surface area contributed by atoms with E-state index in [1.54, 1.807) is 16.7 Å². The Labute approximate surface area is 166 Å². The molecule has 138 valence electrons. The molecule has 5 nitrogen and oxygen atoms in total. The van der Waals surface area contributed by atoms with E-state index in [-0.39, 0.29) is 17.9 Å². The Kier molecular flexibility index (Phi) is 6.74. The molecule has 0 saturated carbocycles. The van der Waals surface area contributed by atoms with Crippen molar-refractivity contribution in [2.24, 2.45) is 0 Å². The highest BCUT2D eigenvalue weighted by molar-refractivity contribution is 8.26. The van der Waals surface area contributed by atoms with Crippen LogP contribution in [0.2, 0.25) is 0 Å². The maximum atomic E-state index is 12.5. The first kappa shape index (κ1) is 19.4. The van der Waals surface area contributed by atoms with E-state index >= 15 is 0 Å². The van der Waals surface area contributed by atoms with E-state index in [9.17, 15) is 14.7 Å². The van der Waals surface area contributed by atoms with Gasteiger partial charge in [0, 0.05) is 24.5 Å². The average molecular weight is 409 g/mol. The quantitative estimate of drug-likeness (QED) is 0.556. The molecule has 1 aromatic rings. The number of hydrogen-bond acceptors (Lipinski definition) is 6. The minimum Gasteiger partial charge on any atom is -0.390 e. The van der Waals surface area contributed by atoms with Crippen LogP contribution in [0.15, 0.2) is 35.2 Å². The second kappa shape index (κ2) is 9.03. The molecule has 0 aliphatic carbocycles. The number of benzene rings is 1. The van der Waals surface area contributed by atoms with Crippen LogP contribution in [-0.2, 0) is 9.59 Å². The largest absolute Gasteiger partial charge is 0.390 e. The number of amides is 2. The average Bonchev–Trinajstić information content (AvgIpc) is 3.13. The summed E-state index contributed by atoms with van der Waals surface area (Å²) < 4.78 is 0.528. The second-order valence-electron chi connectivity index (χ2n) is 6.13. The van der Waals surface area contributed by atoms with Gasteiger partial charge in [-0.15, -0.1) is 0 Å². The highest BCUT2D eigenvalue weighted by atomic mass is 32.2. The predicted molar refractivity (Wildman–Crippen MR) is 111 cm³/mol. The van der Waals surface area contributed by atoms with E-state index in [0.29, 0.717) is 34.4 Å². The van der Waals surface area contributed by atoms with Crippen molar-refractivity contribution in [3.05, 3.63) is 40.8 Å². The Bertz CT molecular complexity index is 724. The fourth-order valence-corrected chi connectivity index (χ4v) is 5.23. The Hall–Kier alpha value is -1.35. The number of thiocarbonyl (C=S) groups is 1. The van der Waals surface area contributed by atoms with E-state index in [1.165, 1.54) is 11.8 Å². The molecule has 26 heavy (non-hydrogen) atoms. The highest BCUT2D eigenvalue weighted by Crippen LogP contribution is 2.32. The minimum absolute atomic E-state index is 0.0955. The van der Waals surface area contributed by atoms with Crippen LogP contribution in [0.25, 0.3) is 6.08 Å². The molecule has 2 amide bonds. The normalized spacial score (nSPS) is 24.5. The first-order chi connectivity index (χ1) is 12.5. The number of hydrogen-bond donors (Lipinski definition) is 2. The third-order valence-electron chi connectivity index (χ3n) is 4.15. The van der Waals surface area contributed by atoms with Crippen molar-refractivity contribution >= 4 is 58.0 Å². The molecule has 2 heterocycles. The number of aliphatic hydroxyl groups is 1. The zero-order valence-electron chi connectivity index (χ0n) is 14.1. The molecular formula is C18H20N2O3S3. The van der Waals surface area contributed by atoms with Crippen LogP contribution in [0.1, 0.15) is 18.4 Å². The number of nitrogens with one attached hydrogen (secondary N) is 1. The Balaban J connectivity index is 1.49. The summed E-state index contributed by atoms with van der Waals surface area (Å²) in [4.78, 5) is 26.7. The summed E-state index contributed by atoms with van der Waals surface area (Å²) in [6, 6.07) is 9.48. The number of thioether (sulfide) groups is 2. The van der Waals surface area contributed by atoms with Crippen molar-refractivity contribution in [2.75, 3.05) is 18.1 Å². The summed E-state index contributed by atoms with van der Waals surface area (Å²) in [6.45, 7) is 0.423. The van der Waals surface area contributed by atoms with Crippen molar-refractivity contribution in [3.8, 4) is 0 Å². The number of carbonyl (C=O) groups excluding carboxylic acids is 2. The van der Waals surface area contributed by atoms with Gasteiger partial charge in [0.05, 0.1) is 17.1 Å². The molecule has 1 aromatic carbocycles. The van der Waals surface area contributed by atoms with Gasteiger partial charge < -0.3 is 10.4 Å². The molecule has 0 aromatic heterocycles. The van der Waals surface area contributed by atoms with E-state index in [4.69, 9.17) is 12.2 Å². The molecule has 3 rings (SSSR count). The first-order valence-corrected chi connectivity index (χ1v) is 10.8. The number of nitrogens with zero attached hydrogens (tertiary/aromatic N) is 1. The van der Waals surface area contributed by atoms with Crippen molar-refractivity contribution in [3.63, 3.8) is 0 Å². The summed E-state index contributed by atoms with van der Waals surface area (Å²) in [7, 11) is 0. The minimum atomic E-state index is -0.473. The molecule has 2 aliphatic rings. The highest BCUT2D eigenvalue weighted by Gasteiger charge is 2.32. The fraction of sp³-hybridized carbons (Fsp3) is 0.389. The maximum absolute atomic E-state index is 12.5. The standard InChI is InChI=1S/C18H20N2O3S3/c21-14-11-25-10-13(14)19-16(22)7-4-8-20-17(23)15(26-18(20)24)9-12-5-2-1-3-6-12/h1-3,5-6,9,13-14,21H,4,7-8,10-11H2,(H,19,22)/b15-9-/t13-,14-/m0/s1. The van der Waals surface area contributed by atoms with Crippen LogP contribution >= 0.6 is 35.7 Å². The van der Waals surface area contributed by atoms with Crippen LogP contribution in [-0.4, -0.2) is 56.3 Å². The zero-order valence-corrected chi connectivity index (χ0v) is 16.5. The van der Waals surface area contributed by atoms with Crippen molar-refractivity contribution in [1.29, 1.82) is 0 Å². The smallest absolute Gasteiger partial charge is 0.266 e. The van der Waals surface area contributed by atoms with Gasteiger partial charge in [-0.2, -0.15) is 11.8 Å². The van der Waals surface area contributed by atoms with Gasteiger partial charge in [0.2, 0.25) is 5.91 Å². The van der Waals surface area contributed by atoms with E-state index in [2.05, 4.69) is 5.32 Å². The van der Waals surface area contributed by atoms with Gasteiger partial charge in [0.15, 0.2) is 0 Å². The van der Waals surface area contributed by atoms with E-state index in [0.717, 1.165) is 11.3 Å². The topological polar surface area (TPSA) is 69.6 Å². The molecule has 2 atom stereocenters. The van der Waals surface area contributed by atoms with Gasteiger partial charge in [0.25, 0.3) is 5.91 Å². The molecule has 2 aliphatic heterocycles. The number of carbonyl (C=O) groups is 2. The fourth-order valence-electron chi connectivity index (χ4n) is 2.75. The molecule has 0 spiro atoms. The summed E-state index contributed by atoms with van der Waals surface area (Å²) in [6.07, 6.45) is 2.21. The van der Waals surface area contributed by atoms with Crippen LogP contribution in [0, 0.1) is 0 Å². The Morgan fingerprint density at radius 3 is 2.81 bits per heavy atom. The molecule has 0 unspecified atom stereocenters. The van der Waals surface area contributed by atoms with E-state index in [1.807, 2.05) is 36.4 Å². The summed E-state index contributed by atoms with van der Waals surface area (Å²) >= 11 is 8.24. The SMILES string of the molecule is O=C(CCCN1C(=O)/C(=C/c2ccccc2)SC1=S)N[C@H]1CSC[C@@H]1O.